The first-order valence-corrected chi connectivity index (χ1v) is 14.6. The summed E-state index contributed by atoms with van der Waals surface area (Å²) >= 11 is 1.26. The van der Waals surface area contributed by atoms with E-state index in [2.05, 4.69) is 10.2 Å². The highest BCUT2D eigenvalue weighted by Crippen LogP contribution is 2.26. The van der Waals surface area contributed by atoms with Crippen LogP contribution < -0.4 is 5.32 Å². The van der Waals surface area contributed by atoms with Crippen molar-refractivity contribution in [2.75, 3.05) is 45.0 Å². The first kappa shape index (κ1) is 27.3. The van der Waals surface area contributed by atoms with Gasteiger partial charge in [0.1, 0.15) is 6.04 Å². The minimum atomic E-state index is -0.536. The maximum Gasteiger partial charge on any atom is 0.318 e. The van der Waals surface area contributed by atoms with Crippen molar-refractivity contribution >= 4 is 28.8 Å². The number of hydrogen-bond donors (Lipinski definition) is 1. The molecule has 3 rings (SSSR count). The van der Waals surface area contributed by atoms with Crippen molar-refractivity contribution in [2.24, 2.45) is 5.92 Å². The summed E-state index contributed by atoms with van der Waals surface area (Å²) in [6.07, 6.45) is 14.0. The van der Waals surface area contributed by atoms with Gasteiger partial charge in [0, 0.05) is 58.0 Å². The molecule has 2 aliphatic carbocycles. The predicted molar refractivity (Wildman–Crippen MR) is 139 cm³/mol. The van der Waals surface area contributed by atoms with Gasteiger partial charge < -0.3 is 15.1 Å². The summed E-state index contributed by atoms with van der Waals surface area (Å²) in [6, 6.07) is -0.0262. The quantitative estimate of drug-likeness (QED) is 0.522. The van der Waals surface area contributed by atoms with E-state index in [9.17, 15) is 14.4 Å². The number of carbonyl (C=O) groups is 3. The normalized spacial score (nSPS) is 21.8. The molecule has 1 saturated heterocycles. The number of nitrogens with one attached hydrogen (secondary N) is 1. The summed E-state index contributed by atoms with van der Waals surface area (Å²) in [6.45, 7) is 7.95. The average molecular weight is 495 g/mol. The maximum absolute atomic E-state index is 13.1. The molecule has 7 nitrogen and oxygen atoms in total. The fourth-order valence-corrected chi connectivity index (χ4v) is 6.39. The van der Waals surface area contributed by atoms with Crippen molar-refractivity contribution in [3.05, 3.63) is 0 Å². The maximum atomic E-state index is 13.1. The molecule has 3 amide bonds. The van der Waals surface area contributed by atoms with Crippen LogP contribution in [0.1, 0.15) is 84.5 Å². The molecule has 1 N–H and O–H groups in total. The Morgan fingerprint density at radius 1 is 0.912 bits per heavy atom. The number of urea groups is 1. The molecule has 3 fully saturated rings. The molecule has 194 valence electrons. The Morgan fingerprint density at radius 2 is 1.53 bits per heavy atom. The van der Waals surface area contributed by atoms with E-state index in [1.165, 1.54) is 76.0 Å². The molecule has 1 heterocycles. The van der Waals surface area contributed by atoms with Gasteiger partial charge in [-0.15, -0.1) is 0 Å². The molecule has 2 saturated carbocycles. The summed E-state index contributed by atoms with van der Waals surface area (Å²) in [5.41, 5.74) is 0. The summed E-state index contributed by atoms with van der Waals surface area (Å²) in [5, 5.41) is 3.04. The number of nitrogens with zero attached hydrogens (tertiary/aromatic N) is 3. The van der Waals surface area contributed by atoms with Crippen molar-refractivity contribution in [2.45, 2.75) is 96.6 Å². The molecule has 1 aliphatic heterocycles. The second-order valence-electron chi connectivity index (χ2n) is 10.4. The van der Waals surface area contributed by atoms with Crippen molar-refractivity contribution in [3.63, 3.8) is 0 Å². The highest BCUT2D eigenvalue weighted by Gasteiger charge is 2.30. The van der Waals surface area contributed by atoms with Crippen LogP contribution in [-0.2, 0) is 9.59 Å². The van der Waals surface area contributed by atoms with Gasteiger partial charge in [-0.05, 0) is 32.1 Å². The molecule has 0 radical (unpaired) electrons. The molecule has 0 spiro atoms. The highest BCUT2D eigenvalue weighted by atomic mass is 32.2. The molecule has 0 aromatic rings. The minimum Gasteiger partial charge on any atom is -0.338 e. The first-order chi connectivity index (χ1) is 16.4. The molecule has 0 aromatic carbocycles. The number of thioether (sulfide) groups is 1. The Kier molecular flexibility index (Phi) is 11.5. The van der Waals surface area contributed by atoms with Crippen molar-refractivity contribution in [1.82, 2.24) is 20.0 Å². The fraction of sp³-hybridized carbons (Fsp3) is 0.885. The summed E-state index contributed by atoms with van der Waals surface area (Å²) in [5.74, 6) is 1.30. The van der Waals surface area contributed by atoms with Crippen molar-refractivity contribution < 1.29 is 14.4 Å². The van der Waals surface area contributed by atoms with Gasteiger partial charge in [0.2, 0.25) is 5.91 Å². The lowest BCUT2D eigenvalue weighted by atomic mass is 9.87. The molecule has 1 atom stereocenters. The highest BCUT2D eigenvalue weighted by molar-refractivity contribution is 8.13. The van der Waals surface area contributed by atoms with Crippen LogP contribution in [-0.4, -0.2) is 88.9 Å². The van der Waals surface area contributed by atoms with E-state index in [0.29, 0.717) is 30.8 Å². The monoisotopic (exact) mass is 494 g/mol. The lowest BCUT2D eigenvalue weighted by molar-refractivity contribution is -0.135. The zero-order chi connectivity index (χ0) is 24.3. The third-order valence-corrected chi connectivity index (χ3v) is 8.71. The number of piperazine rings is 1. The van der Waals surface area contributed by atoms with Crippen LogP contribution in [0.5, 0.6) is 0 Å². The van der Waals surface area contributed by atoms with Crippen LogP contribution in [0.25, 0.3) is 0 Å². The minimum absolute atomic E-state index is 0.0157. The Balaban J connectivity index is 1.46. The van der Waals surface area contributed by atoms with E-state index in [-0.39, 0.29) is 17.1 Å². The summed E-state index contributed by atoms with van der Waals surface area (Å²) in [7, 11) is 0. The fourth-order valence-electron chi connectivity index (χ4n) is 5.79. The van der Waals surface area contributed by atoms with Crippen LogP contribution >= 0.6 is 11.8 Å². The van der Waals surface area contributed by atoms with Crippen molar-refractivity contribution in [1.29, 1.82) is 0 Å². The number of rotatable bonds is 9. The van der Waals surface area contributed by atoms with Gasteiger partial charge in [0.15, 0.2) is 5.12 Å². The lowest BCUT2D eigenvalue weighted by Crippen LogP contribution is -2.57. The zero-order valence-electron chi connectivity index (χ0n) is 21.4. The van der Waals surface area contributed by atoms with E-state index in [1.54, 1.807) is 13.8 Å². The van der Waals surface area contributed by atoms with Gasteiger partial charge in [-0.25, -0.2) is 4.79 Å². The van der Waals surface area contributed by atoms with Gasteiger partial charge in [-0.2, -0.15) is 0 Å². The molecule has 0 aromatic heterocycles. The van der Waals surface area contributed by atoms with Crippen LogP contribution in [0.15, 0.2) is 0 Å². The van der Waals surface area contributed by atoms with Gasteiger partial charge in [-0.1, -0.05) is 63.1 Å². The third kappa shape index (κ3) is 8.74. The Hall–Kier alpha value is -1.28. The zero-order valence-corrected chi connectivity index (χ0v) is 22.3. The van der Waals surface area contributed by atoms with Gasteiger partial charge in [0.05, 0.1) is 0 Å². The second-order valence-corrected chi connectivity index (χ2v) is 11.7. The first-order valence-electron chi connectivity index (χ1n) is 13.7. The Labute approximate surface area is 210 Å². The Morgan fingerprint density at radius 3 is 2.15 bits per heavy atom. The van der Waals surface area contributed by atoms with Gasteiger partial charge >= 0.3 is 6.03 Å². The van der Waals surface area contributed by atoms with Gasteiger partial charge in [0.25, 0.3) is 0 Å². The van der Waals surface area contributed by atoms with Crippen LogP contribution in [0.3, 0.4) is 0 Å². The molecule has 0 bridgehead atoms. The molecule has 1 unspecified atom stereocenters. The van der Waals surface area contributed by atoms with E-state index in [1.807, 2.05) is 9.80 Å². The average Bonchev–Trinajstić information content (AvgIpc) is 2.86. The smallest absolute Gasteiger partial charge is 0.318 e. The lowest BCUT2D eigenvalue weighted by Gasteiger charge is -2.41. The van der Waals surface area contributed by atoms with E-state index < -0.39 is 6.04 Å². The molecule has 34 heavy (non-hydrogen) atoms. The number of carbonyl (C=O) groups excluding carboxylic acids is 3. The number of hydrogen-bond acceptors (Lipinski definition) is 5. The second kappa shape index (κ2) is 14.3. The van der Waals surface area contributed by atoms with E-state index in [0.717, 1.165) is 32.6 Å². The van der Waals surface area contributed by atoms with E-state index in [4.69, 9.17) is 0 Å². The molecular formula is C26H46N4O3S. The van der Waals surface area contributed by atoms with Crippen LogP contribution in [0.4, 0.5) is 4.79 Å². The van der Waals surface area contributed by atoms with Crippen molar-refractivity contribution in [3.8, 4) is 0 Å². The van der Waals surface area contributed by atoms with Crippen LogP contribution in [0.2, 0.25) is 0 Å². The standard InChI is InChI=1S/C26H46N4O3S/c1-21(25(32)29-17-15-28(16-18-29)24-11-7-4-8-12-24)27-26(33)30(19-20-34-22(2)31)14-13-23-9-5-3-6-10-23/h21,23-24H,3-20H2,1-2H3,(H,27,33). The molecule has 3 aliphatic rings. The van der Waals surface area contributed by atoms with E-state index >= 15 is 0 Å². The Bertz CT molecular complexity index is 656. The largest absolute Gasteiger partial charge is 0.338 e. The van der Waals surface area contributed by atoms with Crippen LogP contribution in [0, 0.1) is 5.92 Å². The molecular weight excluding hydrogens is 448 g/mol. The SMILES string of the molecule is CC(=O)SCCN(CCC1CCCCC1)C(=O)NC(C)C(=O)N1CCN(C2CCCCC2)CC1. The third-order valence-electron chi connectivity index (χ3n) is 7.91. The number of amides is 3. The van der Waals surface area contributed by atoms with Gasteiger partial charge in [-0.3, -0.25) is 14.5 Å². The summed E-state index contributed by atoms with van der Waals surface area (Å²) < 4.78 is 0. The predicted octanol–water partition coefficient (Wildman–Crippen LogP) is 4.11. The molecule has 8 heteroatoms. The summed E-state index contributed by atoms with van der Waals surface area (Å²) in [4.78, 5) is 43.8. The topological polar surface area (TPSA) is 73.0 Å².